The average Bonchev–Trinajstić information content (AvgIpc) is 3.40. The number of esters is 1. The first-order valence-corrected chi connectivity index (χ1v) is 10.0. The van der Waals surface area contributed by atoms with Crippen molar-refractivity contribution in [2.24, 2.45) is 0 Å². The number of nitrogens with zero attached hydrogens (tertiary/aromatic N) is 1. The van der Waals surface area contributed by atoms with Gasteiger partial charge in [-0.05, 0) is 31.0 Å². The molecule has 1 aliphatic heterocycles. The highest BCUT2D eigenvalue weighted by Crippen LogP contribution is 2.32. The molecule has 1 aliphatic rings. The summed E-state index contributed by atoms with van der Waals surface area (Å²) in [5.74, 6) is -0.872. The van der Waals surface area contributed by atoms with Gasteiger partial charge in [-0.1, -0.05) is 30.3 Å². The van der Waals surface area contributed by atoms with Crippen LogP contribution in [0.5, 0.6) is 0 Å². The predicted molar refractivity (Wildman–Crippen MR) is 107 cm³/mol. The predicted octanol–water partition coefficient (Wildman–Crippen LogP) is 3.42. The Bertz CT molecular complexity index is 962. The van der Waals surface area contributed by atoms with E-state index in [9.17, 15) is 9.59 Å². The van der Waals surface area contributed by atoms with Crippen molar-refractivity contribution in [2.75, 3.05) is 19.8 Å². The molecule has 1 saturated heterocycles. The SMILES string of the molecule is O=C(COC(=O)c1ccccc1-c1nc2ccccc2s1)NC[C@H]1CCCO1. The summed E-state index contributed by atoms with van der Waals surface area (Å²) in [5.41, 5.74) is 1.99. The normalized spacial score (nSPS) is 16.2. The summed E-state index contributed by atoms with van der Waals surface area (Å²) in [6, 6.07) is 15.0. The topological polar surface area (TPSA) is 77.5 Å². The largest absolute Gasteiger partial charge is 0.452 e. The van der Waals surface area contributed by atoms with Crippen molar-refractivity contribution in [3.05, 3.63) is 54.1 Å². The molecule has 28 heavy (non-hydrogen) atoms. The quantitative estimate of drug-likeness (QED) is 0.646. The summed E-state index contributed by atoms with van der Waals surface area (Å²) in [4.78, 5) is 29.1. The second-order valence-electron chi connectivity index (χ2n) is 6.55. The fourth-order valence-electron chi connectivity index (χ4n) is 3.13. The Balaban J connectivity index is 1.42. The van der Waals surface area contributed by atoms with Gasteiger partial charge in [0.1, 0.15) is 5.01 Å². The van der Waals surface area contributed by atoms with E-state index in [0.717, 1.165) is 34.7 Å². The van der Waals surface area contributed by atoms with E-state index in [1.807, 2.05) is 36.4 Å². The van der Waals surface area contributed by atoms with Crippen molar-refractivity contribution in [3.63, 3.8) is 0 Å². The highest BCUT2D eigenvalue weighted by molar-refractivity contribution is 7.21. The smallest absolute Gasteiger partial charge is 0.339 e. The highest BCUT2D eigenvalue weighted by Gasteiger charge is 2.19. The summed E-state index contributed by atoms with van der Waals surface area (Å²) in [6.45, 7) is 0.858. The van der Waals surface area contributed by atoms with Crippen LogP contribution in [0.25, 0.3) is 20.8 Å². The van der Waals surface area contributed by atoms with E-state index in [1.165, 1.54) is 11.3 Å². The van der Waals surface area contributed by atoms with Crippen LogP contribution in [-0.2, 0) is 14.3 Å². The number of carbonyl (C=O) groups excluding carboxylic acids is 2. The molecule has 0 saturated carbocycles. The van der Waals surface area contributed by atoms with E-state index < -0.39 is 5.97 Å². The minimum atomic E-state index is -0.540. The maximum absolute atomic E-state index is 12.6. The van der Waals surface area contributed by atoms with Gasteiger partial charge in [0.2, 0.25) is 0 Å². The van der Waals surface area contributed by atoms with Gasteiger partial charge in [-0.2, -0.15) is 0 Å². The number of amides is 1. The van der Waals surface area contributed by atoms with Crippen LogP contribution >= 0.6 is 11.3 Å². The summed E-state index contributed by atoms with van der Waals surface area (Å²) < 4.78 is 11.7. The second-order valence-corrected chi connectivity index (χ2v) is 7.58. The number of thiazole rings is 1. The summed E-state index contributed by atoms with van der Waals surface area (Å²) in [6.07, 6.45) is 2.01. The number of benzene rings is 2. The number of nitrogens with one attached hydrogen (secondary N) is 1. The minimum absolute atomic E-state index is 0.0550. The van der Waals surface area contributed by atoms with Crippen molar-refractivity contribution in [3.8, 4) is 10.6 Å². The maximum Gasteiger partial charge on any atom is 0.339 e. The van der Waals surface area contributed by atoms with Crippen LogP contribution in [0.1, 0.15) is 23.2 Å². The molecule has 3 aromatic rings. The molecule has 1 aromatic heterocycles. The van der Waals surface area contributed by atoms with Crippen molar-refractivity contribution in [1.82, 2.24) is 10.3 Å². The van der Waals surface area contributed by atoms with E-state index in [-0.39, 0.29) is 18.6 Å². The monoisotopic (exact) mass is 396 g/mol. The van der Waals surface area contributed by atoms with E-state index >= 15 is 0 Å². The highest BCUT2D eigenvalue weighted by atomic mass is 32.1. The van der Waals surface area contributed by atoms with Crippen molar-refractivity contribution in [2.45, 2.75) is 18.9 Å². The van der Waals surface area contributed by atoms with Crippen LogP contribution in [-0.4, -0.2) is 42.7 Å². The Kier molecular flexibility index (Phi) is 5.64. The zero-order chi connectivity index (χ0) is 19.3. The molecule has 2 aromatic carbocycles. The lowest BCUT2D eigenvalue weighted by molar-refractivity contribution is -0.124. The number of rotatable bonds is 6. The molecule has 1 fully saturated rings. The van der Waals surface area contributed by atoms with Crippen LogP contribution in [0.15, 0.2) is 48.5 Å². The first-order valence-electron chi connectivity index (χ1n) is 9.21. The van der Waals surface area contributed by atoms with E-state index in [2.05, 4.69) is 10.3 Å². The average molecular weight is 396 g/mol. The van der Waals surface area contributed by atoms with Gasteiger partial charge in [-0.15, -0.1) is 11.3 Å². The second kappa shape index (κ2) is 8.50. The zero-order valence-electron chi connectivity index (χ0n) is 15.2. The Morgan fingerprint density at radius 2 is 2.00 bits per heavy atom. The molecule has 0 unspecified atom stereocenters. The molecule has 144 valence electrons. The lowest BCUT2D eigenvalue weighted by atomic mass is 10.1. The van der Waals surface area contributed by atoms with Gasteiger partial charge >= 0.3 is 5.97 Å². The van der Waals surface area contributed by atoms with Gasteiger partial charge in [0.15, 0.2) is 6.61 Å². The Labute approximate surface area is 166 Å². The fraction of sp³-hybridized carbons (Fsp3) is 0.286. The molecule has 0 bridgehead atoms. The van der Waals surface area contributed by atoms with Gasteiger partial charge in [0.25, 0.3) is 5.91 Å². The Morgan fingerprint density at radius 3 is 2.82 bits per heavy atom. The standard InChI is InChI=1S/C21H20N2O4S/c24-19(22-12-14-6-5-11-26-14)13-27-21(25)16-8-2-1-7-15(16)20-23-17-9-3-4-10-18(17)28-20/h1-4,7-10,14H,5-6,11-13H2,(H,22,24)/t14-/m1/s1. The van der Waals surface area contributed by atoms with Crippen LogP contribution in [0, 0.1) is 0 Å². The first-order chi connectivity index (χ1) is 13.7. The van der Waals surface area contributed by atoms with Gasteiger partial charge < -0.3 is 14.8 Å². The van der Waals surface area contributed by atoms with Gasteiger partial charge in [-0.3, -0.25) is 4.79 Å². The molecular weight excluding hydrogens is 376 g/mol. The van der Waals surface area contributed by atoms with E-state index in [0.29, 0.717) is 17.7 Å². The molecule has 1 atom stereocenters. The first kappa shape index (κ1) is 18.6. The van der Waals surface area contributed by atoms with Gasteiger partial charge in [0, 0.05) is 18.7 Å². The lowest BCUT2D eigenvalue weighted by Gasteiger charge is -2.11. The third-order valence-corrected chi connectivity index (χ3v) is 5.63. The molecule has 6 nitrogen and oxygen atoms in total. The Morgan fingerprint density at radius 1 is 1.18 bits per heavy atom. The molecule has 1 amide bonds. The zero-order valence-corrected chi connectivity index (χ0v) is 16.0. The van der Waals surface area contributed by atoms with Crippen molar-refractivity contribution in [1.29, 1.82) is 0 Å². The number of para-hydroxylation sites is 1. The number of aromatic nitrogens is 1. The molecule has 1 N–H and O–H groups in total. The van der Waals surface area contributed by atoms with Gasteiger partial charge in [0.05, 0.1) is 21.9 Å². The molecule has 2 heterocycles. The summed E-state index contributed by atoms with van der Waals surface area (Å²) >= 11 is 1.52. The lowest BCUT2D eigenvalue weighted by Crippen LogP contribution is -2.34. The third-order valence-electron chi connectivity index (χ3n) is 4.56. The molecule has 7 heteroatoms. The number of ether oxygens (including phenoxy) is 2. The van der Waals surface area contributed by atoms with Crippen LogP contribution < -0.4 is 5.32 Å². The van der Waals surface area contributed by atoms with Crippen LogP contribution in [0.4, 0.5) is 0 Å². The van der Waals surface area contributed by atoms with Crippen LogP contribution in [0.2, 0.25) is 0 Å². The molecule has 0 spiro atoms. The number of fused-ring (bicyclic) bond motifs is 1. The van der Waals surface area contributed by atoms with E-state index in [1.54, 1.807) is 12.1 Å². The molecular formula is C21H20N2O4S. The van der Waals surface area contributed by atoms with Crippen molar-refractivity contribution >= 4 is 33.4 Å². The van der Waals surface area contributed by atoms with Crippen molar-refractivity contribution < 1.29 is 19.1 Å². The number of hydrogen-bond donors (Lipinski definition) is 1. The van der Waals surface area contributed by atoms with Crippen LogP contribution in [0.3, 0.4) is 0 Å². The third kappa shape index (κ3) is 4.21. The molecule has 0 aliphatic carbocycles. The summed E-state index contributed by atoms with van der Waals surface area (Å²) in [7, 11) is 0. The van der Waals surface area contributed by atoms with E-state index in [4.69, 9.17) is 9.47 Å². The summed E-state index contributed by atoms with van der Waals surface area (Å²) in [5, 5.41) is 3.49. The minimum Gasteiger partial charge on any atom is -0.452 e. The fourth-order valence-corrected chi connectivity index (χ4v) is 4.13. The van der Waals surface area contributed by atoms with Gasteiger partial charge in [-0.25, -0.2) is 9.78 Å². The number of carbonyl (C=O) groups is 2. The maximum atomic E-state index is 12.6. The molecule has 0 radical (unpaired) electrons. The number of hydrogen-bond acceptors (Lipinski definition) is 6. The Hall–Kier alpha value is -2.77. The molecule has 4 rings (SSSR count).